The molecule has 4 heteroatoms. The monoisotopic (exact) mass is 321 g/mol. The van der Waals surface area contributed by atoms with Gasteiger partial charge >= 0.3 is 0 Å². The Labute approximate surface area is 136 Å². The summed E-state index contributed by atoms with van der Waals surface area (Å²) in [6.07, 6.45) is 6.06. The number of rotatable bonds is 5. The fourth-order valence-corrected chi connectivity index (χ4v) is 3.72. The number of nitrogens with two attached hydrogens (primary N) is 1. The number of ether oxygens (including phenoxy) is 1. The minimum absolute atomic E-state index is 0.0195. The molecule has 0 aromatic heterocycles. The van der Waals surface area contributed by atoms with Gasteiger partial charge in [-0.25, -0.2) is 8.78 Å². The third-order valence-corrected chi connectivity index (χ3v) is 5.01. The van der Waals surface area contributed by atoms with Crippen LogP contribution in [-0.2, 0) is 4.74 Å². The standard InChI is InChI=1S/C19H25F2NO/c1-2-23-19(13-4-5-13)8-12-3-6-18(22)17(7-12)14-9-15(20)11-16(21)10-14/h9-12,17-18H,2-8,22H2,1H3/t12-,17+,18-/m1/s1. The first kappa shape index (κ1) is 16.4. The normalized spacial score (nSPS) is 27.0. The predicted molar refractivity (Wildman–Crippen MR) is 86.9 cm³/mol. The van der Waals surface area contributed by atoms with Crippen molar-refractivity contribution in [2.24, 2.45) is 11.7 Å². The molecule has 23 heavy (non-hydrogen) atoms. The number of benzene rings is 1. The van der Waals surface area contributed by atoms with Gasteiger partial charge in [0, 0.05) is 18.5 Å². The summed E-state index contributed by atoms with van der Waals surface area (Å²) in [6, 6.07) is 3.74. The molecule has 0 unspecified atom stereocenters. The predicted octanol–water partition coefficient (Wildman–Crippen LogP) is 4.65. The Kier molecular flexibility index (Phi) is 5.00. The zero-order valence-electron chi connectivity index (χ0n) is 13.7. The second-order valence-electron chi connectivity index (χ2n) is 6.82. The molecule has 0 saturated heterocycles. The molecule has 2 saturated carbocycles. The quantitative estimate of drug-likeness (QED) is 0.801. The molecule has 1 aromatic rings. The summed E-state index contributed by atoms with van der Waals surface area (Å²) >= 11 is 0. The number of halogens is 2. The van der Waals surface area contributed by atoms with Crippen molar-refractivity contribution >= 4 is 0 Å². The first-order valence-electron chi connectivity index (χ1n) is 8.62. The van der Waals surface area contributed by atoms with E-state index in [0.29, 0.717) is 18.1 Å². The molecule has 0 amide bonds. The molecular formula is C19H25F2NO. The van der Waals surface area contributed by atoms with Crippen LogP contribution in [-0.4, -0.2) is 12.6 Å². The molecule has 2 aliphatic carbocycles. The van der Waals surface area contributed by atoms with Crippen LogP contribution in [0.3, 0.4) is 0 Å². The topological polar surface area (TPSA) is 35.2 Å². The van der Waals surface area contributed by atoms with Crippen LogP contribution in [0.25, 0.3) is 0 Å². The Morgan fingerprint density at radius 3 is 2.48 bits per heavy atom. The van der Waals surface area contributed by atoms with Crippen molar-refractivity contribution in [3.05, 3.63) is 46.7 Å². The van der Waals surface area contributed by atoms with E-state index in [2.05, 4.69) is 0 Å². The molecule has 2 aliphatic rings. The highest BCUT2D eigenvalue weighted by molar-refractivity contribution is 5.25. The van der Waals surface area contributed by atoms with Crippen LogP contribution < -0.4 is 5.73 Å². The summed E-state index contributed by atoms with van der Waals surface area (Å²) in [4.78, 5) is 0. The smallest absolute Gasteiger partial charge is 0.126 e. The van der Waals surface area contributed by atoms with Crippen molar-refractivity contribution in [3.63, 3.8) is 0 Å². The van der Waals surface area contributed by atoms with Crippen LogP contribution in [0, 0.1) is 17.6 Å². The van der Waals surface area contributed by atoms with E-state index in [4.69, 9.17) is 10.5 Å². The van der Waals surface area contributed by atoms with Crippen LogP contribution in [0.2, 0.25) is 0 Å². The molecule has 0 spiro atoms. The molecule has 2 fully saturated rings. The first-order chi connectivity index (χ1) is 11.1. The van der Waals surface area contributed by atoms with Gasteiger partial charge in [0.1, 0.15) is 11.6 Å². The average molecular weight is 321 g/mol. The number of hydrogen-bond acceptors (Lipinski definition) is 2. The molecule has 0 bridgehead atoms. The van der Waals surface area contributed by atoms with Crippen molar-refractivity contribution < 1.29 is 13.5 Å². The van der Waals surface area contributed by atoms with E-state index in [9.17, 15) is 8.78 Å². The van der Waals surface area contributed by atoms with E-state index in [1.807, 2.05) is 6.92 Å². The Morgan fingerprint density at radius 1 is 1.17 bits per heavy atom. The van der Waals surface area contributed by atoms with Crippen LogP contribution >= 0.6 is 0 Å². The maximum atomic E-state index is 13.5. The highest BCUT2D eigenvalue weighted by Gasteiger charge is 2.32. The summed E-state index contributed by atoms with van der Waals surface area (Å²) in [5, 5.41) is 0. The Balaban J connectivity index is 1.73. The van der Waals surface area contributed by atoms with Crippen molar-refractivity contribution in [2.75, 3.05) is 6.61 Å². The molecule has 2 nitrogen and oxygen atoms in total. The van der Waals surface area contributed by atoms with Gasteiger partial charge in [0.2, 0.25) is 0 Å². The second-order valence-corrected chi connectivity index (χ2v) is 6.82. The summed E-state index contributed by atoms with van der Waals surface area (Å²) in [6.45, 7) is 2.71. The van der Waals surface area contributed by atoms with E-state index in [1.165, 1.54) is 17.7 Å². The van der Waals surface area contributed by atoms with Gasteiger partial charge in [-0.2, -0.15) is 0 Å². The van der Waals surface area contributed by atoms with Gasteiger partial charge < -0.3 is 10.5 Å². The SMILES string of the molecule is CCOC(C[C@@H]1CC[C@@H](N)[C@H](c2cc(F)cc(F)c2)C1)=C1CC1. The lowest BCUT2D eigenvalue weighted by molar-refractivity contribution is 0.186. The lowest BCUT2D eigenvalue weighted by Crippen LogP contribution is -2.35. The molecule has 126 valence electrons. The fourth-order valence-electron chi connectivity index (χ4n) is 3.72. The molecule has 3 rings (SSSR count). The van der Waals surface area contributed by atoms with Gasteiger partial charge in [-0.15, -0.1) is 0 Å². The van der Waals surface area contributed by atoms with E-state index in [-0.39, 0.29) is 12.0 Å². The van der Waals surface area contributed by atoms with Crippen LogP contribution in [0.15, 0.2) is 29.5 Å². The third-order valence-electron chi connectivity index (χ3n) is 5.01. The Hall–Kier alpha value is -1.42. The largest absolute Gasteiger partial charge is 0.498 e. The number of allylic oxidation sites excluding steroid dienone is 2. The average Bonchev–Trinajstić information content (AvgIpc) is 3.32. The minimum atomic E-state index is -0.524. The maximum Gasteiger partial charge on any atom is 0.126 e. The van der Waals surface area contributed by atoms with Crippen molar-refractivity contribution in [3.8, 4) is 0 Å². The summed E-state index contributed by atoms with van der Waals surface area (Å²) < 4.78 is 32.9. The van der Waals surface area contributed by atoms with Gasteiger partial charge in [0.15, 0.2) is 0 Å². The van der Waals surface area contributed by atoms with Crippen LogP contribution in [0.4, 0.5) is 8.78 Å². The van der Waals surface area contributed by atoms with Gasteiger partial charge in [0.25, 0.3) is 0 Å². The lowest BCUT2D eigenvalue weighted by atomic mass is 9.73. The zero-order chi connectivity index (χ0) is 16.4. The van der Waals surface area contributed by atoms with Crippen LogP contribution in [0.5, 0.6) is 0 Å². The molecule has 0 radical (unpaired) electrons. The molecular weight excluding hydrogens is 296 g/mol. The van der Waals surface area contributed by atoms with E-state index < -0.39 is 11.6 Å². The Morgan fingerprint density at radius 2 is 1.87 bits per heavy atom. The Bertz CT molecular complexity index is 573. The van der Waals surface area contributed by atoms with Gasteiger partial charge in [-0.1, -0.05) is 0 Å². The highest BCUT2D eigenvalue weighted by atomic mass is 19.1. The van der Waals surface area contributed by atoms with E-state index >= 15 is 0 Å². The second kappa shape index (κ2) is 7.00. The van der Waals surface area contributed by atoms with E-state index in [0.717, 1.165) is 50.4 Å². The molecule has 1 aromatic carbocycles. The highest BCUT2D eigenvalue weighted by Crippen LogP contribution is 2.41. The maximum absolute atomic E-state index is 13.5. The third kappa shape index (κ3) is 4.11. The molecule has 0 heterocycles. The van der Waals surface area contributed by atoms with Crippen molar-refractivity contribution in [1.29, 1.82) is 0 Å². The van der Waals surface area contributed by atoms with E-state index in [1.54, 1.807) is 0 Å². The van der Waals surface area contributed by atoms with Crippen molar-refractivity contribution in [1.82, 2.24) is 0 Å². The zero-order valence-corrected chi connectivity index (χ0v) is 13.7. The fraction of sp³-hybridized carbons (Fsp3) is 0.579. The summed E-state index contributed by atoms with van der Waals surface area (Å²) in [7, 11) is 0. The van der Waals surface area contributed by atoms with Crippen LogP contribution in [0.1, 0.15) is 56.9 Å². The molecule has 3 atom stereocenters. The summed E-state index contributed by atoms with van der Waals surface area (Å²) in [5.74, 6) is 0.595. The first-order valence-corrected chi connectivity index (χ1v) is 8.62. The number of hydrogen-bond donors (Lipinski definition) is 1. The van der Waals surface area contributed by atoms with Gasteiger partial charge in [-0.3, -0.25) is 0 Å². The lowest BCUT2D eigenvalue weighted by Gasteiger charge is -2.35. The van der Waals surface area contributed by atoms with Crippen molar-refractivity contribution in [2.45, 2.75) is 57.4 Å². The van der Waals surface area contributed by atoms with Gasteiger partial charge in [0.05, 0.1) is 12.4 Å². The minimum Gasteiger partial charge on any atom is -0.498 e. The molecule has 0 aliphatic heterocycles. The summed E-state index contributed by atoms with van der Waals surface area (Å²) in [5.41, 5.74) is 8.38. The molecule has 2 N–H and O–H groups in total. The van der Waals surface area contributed by atoms with Gasteiger partial charge in [-0.05, 0) is 74.1 Å².